The Hall–Kier alpha value is -1.43. The summed E-state index contributed by atoms with van der Waals surface area (Å²) in [6, 6.07) is 3.22. The average Bonchev–Trinajstić information content (AvgIpc) is 2.14. The van der Waals surface area contributed by atoms with Crippen molar-refractivity contribution in [3.05, 3.63) is 28.8 Å². The first-order valence-electron chi connectivity index (χ1n) is 4.02. The molecule has 0 spiro atoms. The molecule has 7 heteroatoms. The number of carbonyl (C=O) groups is 1. The Morgan fingerprint density at radius 3 is 2.50 bits per heavy atom. The van der Waals surface area contributed by atoms with Crippen LogP contribution in [0.4, 0.5) is 13.2 Å². The largest absolute Gasteiger partial charge is 0.483 e. The predicted octanol–water partition coefficient (Wildman–Crippen LogP) is 2.98. The van der Waals surface area contributed by atoms with Gasteiger partial charge in [0.15, 0.2) is 6.61 Å². The monoisotopic (exact) mass is 254 g/mol. The average molecular weight is 255 g/mol. The van der Waals surface area contributed by atoms with Gasteiger partial charge in [0, 0.05) is 0 Å². The van der Waals surface area contributed by atoms with E-state index in [1.54, 1.807) is 0 Å². The zero-order chi connectivity index (χ0) is 12.3. The van der Waals surface area contributed by atoms with Gasteiger partial charge in [-0.3, -0.25) is 0 Å². The van der Waals surface area contributed by atoms with Gasteiger partial charge in [-0.1, -0.05) is 11.6 Å². The standard InChI is InChI=1S/C9H6ClF3O3/c10-6-3-5(8(14)15)1-2-7(6)16-4-9(11,12)13/h1-3H,4H2,(H,14,15). The van der Waals surface area contributed by atoms with Crippen LogP contribution in [0, 0.1) is 0 Å². The maximum atomic E-state index is 11.8. The highest BCUT2D eigenvalue weighted by atomic mass is 35.5. The van der Waals surface area contributed by atoms with Crippen molar-refractivity contribution in [2.24, 2.45) is 0 Å². The van der Waals surface area contributed by atoms with Gasteiger partial charge in [0.1, 0.15) is 5.75 Å². The van der Waals surface area contributed by atoms with Gasteiger partial charge in [-0.2, -0.15) is 13.2 Å². The van der Waals surface area contributed by atoms with Crippen molar-refractivity contribution in [3.8, 4) is 5.75 Å². The molecule has 0 aliphatic heterocycles. The lowest BCUT2D eigenvalue weighted by molar-refractivity contribution is -0.153. The minimum atomic E-state index is -4.46. The first-order valence-corrected chi connectivity index (χ1v) is 4.40. The third kappa shape index (κ3) is 3.62. The van der Waals surface area contributed by atoms with Gasteiger partial charge in [0.25, 0.3) is 0 Å². The number of rotatable bonds is 3. The number of benzene rings is 1. The molecule has 0 bridgehead atoms. The SMILES string of the molecule is O=C(O)c1ccc(OCC(F)(F)F)c(Cl)c1. The van der Waals surface area contributed by atoms with Crippen LogP contribution in [0.2, 0.25) is 5.02 Å². The van der Waals surface area contributed by atoms with Crippen LogP contribution in [0.3, 0.4) is 0 Å². The molecule has 0 fully saturated rings. The Balaban J connectivity index is 2.80. The molecule has 0 aromatic heterocycles. The maximum Gasteiger partial charge on any atom is 0.422 e. The van der Waals surface area contributed by atoms with Crippen LogP contribution in [0.1, 0.15) is 10.4 Å². The molecule has 0 aliphatic rings. The molecule has 88 valence electrons. The van der Waals surface area contributed by atoms with Crippen molar-refractivity contribution in [1.29, 1.82) is 0 Å². The molecule has 0 unspecified atom stereocenters. The van der Waals surface area contributed by atoms with Crippen molar-refractivity contribution in [2.75, 3.05) is 6.61 Å². The second-order valence-electron chi connectivity index (χ2n) is 2.85. The summed E-state index contributed by atoms with van der Waals surface area (Å²) in [6.45, 7) is -1.47. The first kappa shape index (κ1) is 12.6. The van der Waals surface area contributed by atoms with Gasteiger partial charge in [-0.05, 0) is 18.2 Å². The Bertz CT molecular complexity index is 403. The summed E-state index contributed by atoms with van der Waals surface area (Å²) in [6.07, 6.45) is -4.46. The van der Waals surface area contributed by atoms with E-state index in [0.717, 1.165) is 18.2 Å². The first-order chi connectivity index (χ1) is 7.29. The quantitative estimate of drug-likeness (QED) is 0.902. The summed E-state index contributed by atoms with van der Waals surface area (Å²) in [5, 5.41) is 8.40. The fraction of sp³-hybridized carbons (Fsp3) is 0.222. The van der Waals surface area contributed by atoms with E-state index in [1.165, 1.54) is 0 Å². The highest BCUT2D eigenvalue weighted by Gasteiger charge is 2.28. The molecule has 0 saturated heterocycles. The molecule has 0 saturated carbocycles. The minimum absolute atomic E-state index is 0.121. The van der Waals surface area contributed by atoms with Crippen LogP contribution >= 0.6 is 11.6 Å². The smallest absolute Gasteiger partial charge is 0.422 e. The molecule has 0 aliphatic carbocycles. The summed E-state index contributed by atoms with van der Waals surface area (Å²) in [5.41, 5.74) is -0.121. The Kier molecular flexibility index (Phi) is 3.64. The number of halogens is 4. The number of carboxylic acids is 1. The molecular weight excluding hydrogens is 249 g/mol. The zero-order valence-electron chi connectivity index (χ0n) is 7.71. The van der Waals surface area contributed by atoms with Crippen molar-refractivity contribution in [2.45, 2.75) is 6.18 Å². The molecule has 1 N–H and O–H groups in total. The van der Waals surface area contributed by atoms with Crippen LogP contribution in [-0.4, -0.2) is 23.9 Å². The van der Waals surface area contributed by atoms with Gasteiger partial charge in [-0.15, -0.1) is 0 Å². The number of hydrogen-bond donors (Lipinski definition) is 1. The van der Waals surface area contributed by atoms with E-state index in [1.807, 2.05) is 0 Å². The normalized spacial score (nSPS) is 11.2. The molecule has 1 rings (SSSR count). The molecule has 0 radical (unpaired) electrons. The van der Waals surface area contributed by atoms with Gasteiger partial charge in [0.05, 0.1) is 10.6 Å². The Morgan fingerprint density at radius 2 is 2.06 bits per heavy atom. The third-order valence-electron chi connectivity index (χ3n) is 1.57. The molecule has 0 amide bonds. The van der Waals surface area contributed by atoms with Gasteiger partial charge >= 0.3 is 12.1 Å². The van der Waals surface area contributed by atoms with E-state index in [2.05, 4.69) is 4.74 Å². The van der Waals surface area contributed by atoms with Crippen molar-refractivity contribution in [1.82, 2.24) is 0 Å². The molecule has 0 atom stereocenters. The summed E-state index contributed by atoms with van der Waals surface area (Å²) in [5.74, 6) is -1.42. The van der Waals surface area contributed by atoms with Crippen LogP contribution in [-0.2, 0) is 0 Å². The Morgan fingerprint density at radius 1 is 1.44 bits per heavy atom. The van der Waals surface area contributed by atoms with E-state index >= 15 is 0 Å². The zero-order valence-corrected chi connectivity index (χ0v) is 8.47. The van der Waals surface area contributed by atoms with E-state index in [4.69, 9.17) is 16.7 Å². The maximum absolute atomic E-state index is 11.8. The predicted molar refractivity (Wildman–Crippen MR) is 50.0 cm³/mol. The highest BCUT2D eigenvalue weighted by molar-refractivity contribution is 6.32. The van der Waals surface area contributed by atoms with E-state index in [9.17, 15) is 18.0 Å². The fourth-order valence-corrected chi connectivity index (χ4v) is 1.15. The van der Waals surface area contributed by atoms with Crippen LogP contribution < -0.4 is 4.74 Å². The van der Waals surface area contributed by atoms with E-state index in [-0.39, 0.29) is 16.3 Å². The molecule has 1 aromatic rings. The molecule has 0 heterocycles. The van der Waals surface area contributed by atoms with E-state index in [0.29, 0.717) is 0 Å². The number of ether oxygens (including phenoxy) is 1. The lowest BCUT2D eigenvalue weighted by Gasteiger charge is -2.10. The lowest BCUT2D eigenvalue weighted by Crippen LogP contribution is -2.19. The minimum Gasteiger partial charge on any atom is -0.483 e. The topological polar surface area (TPSA) is 46.5 Å². The highest BCUT2D eigenvalue weighted by Crippen LogP contribution is 2.27. The Labute approximate surface area is 93.4 Å². The molecule has 16 heavy (non-hydrogen) atoms. The molecule has 1 aromatic carbocycles. The van der Waals surface area contributed by atoms with Gasteiger partial charge in [-0.25, -0.2) is 4.79 Å². The second-order valence-corrected chi connectivity index (χ2v) is 3.26. The second kappa shape index (κ2) is 4.61. The summed E-state index contributed by atoms with van der Waals surface area (Å²) in [4.78, 5) is 10.5. The fourth-order valence-electron chi connectivity index (χ4n) is 0.911. The van der Waals surface area contributed by atoms with Crippen LogP contribution in [0.5, 0.6) is 5.75 Å². The summed E-state index contributed by atoms with van der Waals surface area (Å²) < 4.78 is 39.8. The number of aromatic carboxylic acids is 1. The summed E-state index contributed by atoms with van der Waals surface area (Å²) in [7, 11) is 0. The number of alkyl halides is 3. The molecular formula is C9H6ClF3O3. The molecule has 3 nitrogen and oxygen atoms in total. The third-order valence-corrected chi connectivity index (χ3v) is 1.87. The van der Waals surface area contributed by atoms with Crippen LogP contribution in [0.15, 0.2) is 18.2 Å². The van der Waals surface area contributed by atoms with Crippen molar-refractivity contribution in [3.63, 3.8) is 0 Å². The van der Waals surface area contributed by atoms with E-state index < -0.39 is 18.8 Å². The number of hydrogen-bond acceptors (Lipinski definition) is 2. The summed E-state index contributed by atoms with van der Waals surface area (Å²) >= 11 is 5.55. The lowest BCUT2D eigenvalue weighted by atomic mass is 10.2. The van der Waals surface area contributed by atoms with Crippen molar-refractivity contribution >= 4 is 17.6 Å². The van der Waals surface area contributed by atoms with Gasteiger partial charge < -0.3 is 9.84 Å². The number of carboxylic acid groups (broad SMARTS) is 1. The van der Waals surface area contributed by atoms with Gasteiger partial charge in [0.2, 0.25) is 0 Å². The van der Waals surface area contributed by atoms with Crippen molar-refractivity contribution < 1.29 is 27.8 Å². The van der Waals surface area contributed by atoms with Crippen LogP contribution in [0.25, 0.3) is 0 Å².